The molecule has 3 rings (SSSR count). The number of ether oxygens (including phenoxy) is 1. The summed E-state index contributed by atoms with van der Waals surface area (Å²) in [6.45, 7) is 2.83. The zero-order valence-corrected chi connectivity index (χ0v) is 11.1. The van der Waals surface area contributed by atoms with Gasteiger partial charge in [-0.15, -0.1) is 0 Å². The van der Waals surface area contributed by atoms with E-state index >= 15 is 0 Å². The number of hydrogen-bond donors (Lipinski definition) is 1. The summed E-state index contributed by atoms with van der Waals surface area (Å²) < 4.78 is 5.81. The lowest BCUT2D eigenvalue weighted by Gasteiger charge is -2.34. The second kappa shape index (κ2) is 4.58. The van der Waals surface area contributed by atoms with E-state index in [2.05, 4.69) is 6.92 Å². The van der Waals surface area contributed by atoms with Gasteiger partial charge in [-0.2, -0.15) is 0 Å². The molecule has 2 heteroatoms. The van der Waals surface area contributed by atoms with Gasteiger partial charge in [0.25, 0.3) is 0 Å². The molecule has 3 unspecified atom stereocenters. The van der Waals surface area contributed by atoms with Gasteiger partial charge in [-0.25, -0.2) is 0 Å². The molecule has 18 heavy (non-hydrogen) atoms. The smallest absolute Gasteiger partial charge is 0.125 e. The molecule has 98 valence electrons. The first kappa shape index (κ1) is 12.0. The second-order valence-corrected chi connectivity index (χ2v) is 5.85. The van der Waals surface area contributed by atoms with Crippen LogP contribution in [-0.2, 0) is 5.60 Å². The van der Waals surface area contributed by atoms with Gasteiger partial charge in [-0.1, -0.05) is 25.1 Å². The Hall–Kier alpha value is -1.02. The van der Waals surface area contributed by atoms with Crippen LogP contribution < -0.4 is 4.74 Å². The summed E-state index contributed by atoms with van der Waals surface area (Å²) in [6.07, 6.45) is 5.58. The Balaban J connectivity index is 1.91. The highest BCUT2D eigenvalue weighted by Crippen LogP contribution is 2.56. The van der Waals surface area contributed by atoms with E-state index in [-0.39, 0.29) is 0 Å². The molecule has 2 aliphatic carbocycles. The van der Waals surface area contributed by atoms with Gasteiger partial charge in [-0.3, -0.25) is 0 Å². The van der Waals surface area contributed by atoms with Gasteiger partial charge in [0.1, 0.15) is 5.75 Å². The quantitative estimate of drug-likeness (QED) is 0.881. The zero-order valence-electron chi connectivity index (χ0n) is 11.1. The van der Waals surface area contributed by atoms with E-state index in [4.69, 9.17) is 4.74 Å². The molecular formula is C16H22O2. The van der Waals surface area contributed by atoms with Crippen LogP contribution in [-0.4, -0.2) is 11.7 Å². The molecular weight excluding hydrogens is 224 g/mol. The van der Waals surface area contributed by atoms with Gasteiger partial charge < -0.3 is 9.84 Å². The van der Waals surface area contributed by atoms with E-state index in [1.165, 1.54) is 19.3 Å². The maximum Gasteiger partial charge on any atom is 0.125 e. The zero-order chi connectivity index (χ0) is 12.6. The Morgan fingerprint density at radius 3 is 2.83 bits per heavy atom. The lowest BCUT2D eigenvalue weighted by molar-refractivity contribution is -0.0204. The molecule has 2 nitrogen and oxygen atoms in total. The normalized spacial score (nSPS) is 33.9. The van der Waals surface area contributed by atoms with Crippen LogP contribution in [0.25, 0.3) is 0 Å². The largest absolute Gasteiger partial charge is 0.493 e. The number of aliphatic hydroxyl groups is 1. The summed E-state index contributed by atoms with van der Waals surface area (Å²) in [6, 6.07) is 8.05. The van der Waals surface area contributed by atoms with Gasteiger partial charge in [0.2, 0.25) is 0 Å². The van der Waals surface area contributed by atoms with Crippen molar-refractivity contribution in [3.05, 3.63) is 29.8 Å². The van der Waals surface area contributed by atoms with Gasteiger partial charge in [0.05, 0.1) is 12.2 Å². The average Bonchev–Trinajstić information content (AvgIpc) is 2.97. The van der Waals surface area contributed by atoms with Crippen LogP contribution >= 0.6 is 0 Å². The van der Waals surface area contributed by atoms with Crippen LogP contribution in [0, 0.1) is 11.8 Å². The topological polar surface area (TPSA) is 29.5 Å². The molecule has 3 atom stereocenters. The lowest BCUT2D eigenvalue weighted by Crippen LogP contribution is -2.32. The molecule has 0 aromatic heterocycles. The fraction of sp³-hybridized carbons (Fsp3) is 0.625. The highest BCUT2D eigenvalue weighted by molar-refractivity contribution is 5.40. The standard InChI is InChI=1S/C16H22O2/c1-2-9-18-15-6-4-3-5-14(15)16(17)11-12-7-8-13(16)10-12/h3-6,12-13,17H,2,7-11H2,1H3. The predicted molar refractivity (Wildman–Crippen MR) is 71.6 cm³/mol. The molecule has 2 bridgehead atoms. The van der Waals surface area contributed by atoms with Crippen LogP contribution in [0.1, 0.15) is 44.6 Å². The third kappa shape index (κ3) is 1.83. The van der Waals surface area contributed by atoms with Crippen LogP contribution in [0.3, 0.4) is 0 Å². The molecule has 0 heterocycles. The van der Waals surface area contributed by atoms with Gasteiger partial charge >= 0.3 is 0 Å². The van der Waals surface area contributed by atoms with E-state index in [0.717, 1.165) is 36.7 Å². The average molecular weight is 246 g/mol. The molecule has 0 saturated heterocycles. The summed E-state index contributed by atoms with van der Waals surface area (Å²) in [5.41, 5.74) is 0.387. The first-order valence-corrected chi connectivity index (χ1v) is 7.18. The number of benzene rings is 1. The second-order valence-electron chi connectivity index (χ2n) is 5.85. The van der Waals surface area contributed by atoms with E-state index in [0.29, 0.717) is 5.92 Å². The molecule has 1 aromatic carbocycles. The number of fused-ring (bicyclic) bond motifs is 2. The van der Waals surface area contributed by atoms with Gasteiger partial charge in [-0.05, 0) is 50.0 Å². The highest BCUT2D eigenvalue weighted by Gasteiger charge is 2.51. The molecule has 2 saturated carbocycles. The van der Waals surface area contributed by atoms with Crippen LogP contribution in [0.5, 0.6) is 5.75 Å². The van der Waals surface area contributed by atoms with E-state index in [9.17, 15) is 5.11 Å². The minimum absolute atomic E-state index is 0.439. The summed E-state index contributed by atoms with van der Waals surface area (Å²) >= 11 is 0. The summed E-state index contributed by atoms with van der Waals surface area (Å²) in [4.78, 5) is 0. The van der Waals surface area contributed by atoms with Crippen molar-refractivity contribution in [3.8, 4) is 5.75 Å². The van der Waals surface area contributed by atoms with Crippen molar-refractivity contribution in [1.29, 1.82) is 0 Å². The summed E-state index contributed by atoms with van der Waals surface area (Å²) in [7, 11) is 0. The molecule has 0 amide bonds. The summed E-state index contributed by atoms with van der Waals surface area (Å²) in [5.74, 6) is 2.04. The fourth-order valence-corrected chi connectivity index (χ4v) is 3.79. The van der Waals surface area contributed by atoms with Crippen molar-refractivity contribution in [1.82, 2.24) is 0 Å². The third-order valence-electron chi connectivity index (χ3n) is 4.63. The number of para-hydroxylation sites is 1. The number of rotatable bonds is 4. The Morgan fingerprint density at radius 1 is 1.33 bits per heavy atom. The van der Waals surface area contributed by atoms with Crippen molar-refractivity contribution >= 4 is 0 Å². The molecule has 0 aliphatic heterocycles. The first-order chi connectivity index (χ1) is 8.74. The minimum atomic E-state index is -0.632. The molecule has 0 radical (unpaired) electrons. The lowest BCUT2D eigenvalue weighted by atomic mass is 9.78. The Morgan fingerprint density at radius 2 is 2.17 bits per heavy atom. The molecule has 2 aliphatic rings. The third-order valence-corrected chi connectivity index (χ3v) is 4.63. The predicted octanol–water partition coefficient (Wildman–Crippen LogP) is 3.48. The van der Waals surface area contributed by atoms with E-state index in [1.54, 1.807) is 0 Å². The highest BCUT2D eigenvalue weighted by atomic mass is 16.5. The van der Waals surface area contributed by atoms with E-state index < -0.39 is 5.60 Å². The van der Waals surface area contributed by atoms with Crippen LogP contribution in [0.15, 0.2) is 24.3 Å². The number of hydrogen-bond acceptors (Lipinski definition) is 2. The maximum atomic E-state index is 11.1. The van der Waals surface area contributed by atoms with Crippen molar-refractivity contribution in [3.63, 3.8) is 0 Å². The van der Waals surface area contributed by atoms with Crippen molar-refractivity contribution in [2.24, 2.45) is 11.8 Å². The molecule has 1 N–H and O–H groups in total. The van der Waals surface area contributed by atoms with Crippen LogP contribution in [0.4, 0.5) is 0 Å². The van der Waals surface area contributed by atoms with Crippen molar-refractivity contribution in [2.45, 2.75) is 44.6 Å². The Bertz CT molecular complexity index is 429. The van der Waals surface area contributed by atoms with Crippen LogP contribution in [0.2, 0.25) is 0 Å². The van der Waals surface area contributed by atoms with E-state index in [1.807, 2.05) is 24.3 Å². The maximum absolute atomic E-state index is 11.1. The van der Waals surface area contributed by atoms with Gasteiger partial charge in [0.15, 0.2) is 0 Å². The SMILES string of the molecule is CCCOc1ccccc1C1(O)CC2CCC1C2. The van der Waals surface area contributed by atoms with Gasteiger partial charge in [0, 0.05) is 5.56 Å². The summed E-state index contributed by atoms with van der Waals surface area (Å²) in [5, 5.41) is 11.1. The molecule has 2 fully saturated rings. The van der Waals surface area contributed by atoms with Crippen molar-refractivity contribution < 1.29 is 9.84 Å². The fourth-order valence-electron chi connectivity index (χ4n) is 3.79. The Labute approximate surface area is 109 Å². The Kier molecular flexibility index (Phi) is 3.06. The van der Waals surface area contributed by atoms with Crippen molar-refractivity contribution in [2.75, 3.05) is 6.61 Å². The first-order valence-electron chi connectivity index (χ1n) is 7.18. The minimum Gasteiger partial charge on any atom is -0.493 e. The monoisotopic (exact) mass is 246 g/mol. The molecule has 0 spiro atoms. The molecule has 1 aromatic rings.